The van der Waals surface area contributed by atoms with E-state index in [-0.39, 0.29) is 24.0 Å². The molecule has 1 atom stereocenters. The molecule has 0 saturated carbocycles. The van der Waals surface area contributed by atoms with Crippen LogP contribution in [0.1, 0.15) is 37.2 Å². The minimum Gasteiger partial charge on any atom is -0.356 e. The highest BCUT2D eigenvalue weighted by molar-refractivity contribution is 6.04. The normalized spacial score (nSPS) is 24.9. The van der Waals surface area contributed by atoms with Gasteiger partial charge in [-0.25, -0.2) is 14.8 Å². The molecule has 7 heteroatoms. The molecule has 24 heavy (non-hydrogen) atoms. The van der Waals surface area contributed by atoms with Crippen molar-refractivity contribution < 1.29 is 9.59 Å². The molecule has 128 valence electrons. The van der Waals surface area contributed by atoms with E-state index in [0.29, 0.717) is 0 Å². The second-order valence-electron chi connectivity index (χ2n) is 6.98. The van der Waals surface area contributed by atoms with Gasteiger partial charge in [0.2, 0.25) is 0 Å². The zero-order valence-corrected chi connectivity index (χ0v) is 14.2. The van der Waals surface area contributed by atoms with Crippen LogP contribution in [0.3, 0.4) is 0 Å². The van der Waals surface area contributed by atoms with Gasteiger partial charge in [-0.1, -0.05) is 0 Å². The summed E-state index contributed by atoms with van der Waals surface area (Å²) < 4.78 is 0. The van der Waals surface area contributed by atoms with E-state index < -0.39 is 0 Å². The Labute approximate surface area is 141 Å². The number of rotatable bonds is 2. The quantitative estimate of drug-likeness (QED) is 0.769. The van der Waals surface area contributed by atoms with Gasteiger partial charge in [0, 0.05) is 37.4 Å². The highest BCUT2D eigenvalue weighted by atomic mass is 16.2. The maximum absolute atomic E-state index is 12.6. The molecule has 0 bridgehead atoms. The number of hydrogen-bond donors (Lipinski definition) is 0. The van der Waals surface area contributed by atoms with Gasteiger partial charge in [-0.2, -0.15) is 0 Å². The predicted octanol–water partition coefficient (Wildman–Crippen LogP) is 1.49. The molecule has 1 aromatic rings. The Morgan fingerprint density at radius 1 is 1.04 bits per heavy atom. The summed E-state index contributed by atoms with van der Waals surface area (Å²) in [5.41, 5.74) is 0.963. The molecule has 7 nitrogen and oxygen atoms in total. The fourth-order valence-corrected chi connectivity index (χ4v) is 4.19. The Balaban J connectivity index is 1.45. The summed E-state index contributed by atoms with van der Waals surface area (Å²) in [6.45, 7) is 6.21. The summed E-state index contributed by atoms with van der Waals surface area (Å²) in [7, 11) is 0. The van der Waals surface area contributed by atoms with Gasteiger partial charge in [-0.15, -0.1) is 0 Å². The smallest absolute Gasteiger partial charge is 0.327 e. The van der Waals surface area contributed by atoms with Crippen LogP contribution in [-0.2, 0) is 4.79 Å². The van der Waals surface area contributed by atoms with Gasteiger partial charge in [-0.05, 0) is 39.5 Å². The third-order valence-electron chi connectivity index (χ3n) is 5.33. The summed E-state index contributed by atoms with van der Waals surface area (Å²) in [5, 5.41) is 0. The van der Waals surface area contributed by atoms with Crippen LogP contribution in [0.15, 0.2) is 6.07 Å². The number of amides is 3. The number of nitrogens with zero attached hydrogens (tertiary/aromatic N) is 5. The van der Waals surface area contributed by atoms with E-state index in [1.165, 1.54) is 4.90 Å². The van der Waals surface area contributed by atoms with E-state index in [1.807, 2.05) is 19.9 Å². The van der Waals surface area contributed by atoms with Crippen molar-refractivity contribution in [1.29, 1.82) is 0 Å². The van der Waals surface area contributed by atoms with Crippen LogP contribution in [0.4, 0.5) is 10.6 Å². The first kappa shape index (κ1) is 15.4. The largest absolute Gasteiger partial charge is 0.356 e. The van der Waals surface area contributed by atoms with Crippen LogP contribution in [0, 0.1) is 13.8 Å². The van der Waals surface area contributed by atoms with E-state index in [2.05, 4.69) is 14.9 Å². The van der Waals surface area contributed by atoms with E-state index in [1.54, 1.807) is 4.90 Å². The van der Waals surface area contributed by atoms with Crippen LogP contribution in [-0.4, -0.2) is 63.4 Å². The maximum Gasteiger partial charge on any atom is 0.327 e. The monoisotopic (exact) mass is 329 g/mol. The highest BCUT2D eigenvalue weighted by Gasteiger charge is 2.50. The van der Waals surface area contributed by atoms with Gasteiger partial charge >= 0.3 is 6.03 Å². The summed E-state index contributed by atoms with van der Waals surface area (Å²) in [6.07, 6.45) is 3.38. The van der Waals surface area contributed by atoms with Crippen molar-refractivity contribution in [3.05, 3.63) is 17.6 Å². The molecule has 0 unspecified atom stereocenters. The SMILES string of the molecule is Cc1cc(N2CCC(N3C(=O)[C@@H]4CCCN4C3=O)CC2)nc(C)n1. The number of aromatic nitrogens is 2. The molecule has 0 aromatic carbocycles. The van der Waals surface area contributed by atoms with Crippen molar-refractivity contribution in [2.75, 3.05) is 24.5 Å². The lowest BCUT2D eigenvalue weighted by Crippen LogP contribution is -2.48. The van der Waals surface area contributed by atoms with Crippen molar-refractivity contribution in [1.82, 2.24) is 19.8 Å². The molecule has 4 heterocycles. The Kier molecular flexibility index (Phi) is 3.66. The Morgan fingerprint density at radius 2 is 1.79 bits per heavy atom. The van der Waals surface area contributed by atoms with Gasteiger partial charge in [0.05, 0.1) is 0 Å². The van der Waals surface area contributed by atoms with E-state index in [4.69, 9.17) is 0 Å². The van der Waals surface area contributed by atoms with E-state index >= 15 is 0 Å². The molecule has 3 fully saturated rings. The number of piperidine rings is 1. The number of hydrogen-bond acceptors (Lipinski definition) is 5. The van der Waals surface area contributed by atoms with Gasteiger partial charge in [0.1, 0.15) is 17.7 Å². The molecule has 0 radical (unpaired) electrons. The summed E-state index contributed by atoms with van der Waals surface area (Å²) in [5.74, 6) is 1.74. The minimum absolute atomic E-state index is 0.0182. The number of urea groups is 1. The second-order valence-corrected chi connectivity index (χ2v) is 6.98. The Hall–Kier alpha value is -2.18. The molecule has 3 saturated heterocycles. The fourth-order valence-electron chi connectivity index (χ4n) is 4.19. The minimum atomic E-state index is -0.192. The molecule has 0 N–H and O–H groups in total. The standard InChI is InChI=1S/C17H23N5O2/c1-11-10-15(19-12(2)18-11)20-8-5-13(6-9-20)22-16(23)14-4-3-7-21(14)17(22)24/h10,13-14H,3-9H2,1-2H3/t14-/m0/s1. The number of aryl methyl sites for hydroxylation is 2. The van der Waals surface area contributed by atoms with Crippen LogP contribution >= 0.6 is 0 Å². The van der Waals surface area contributed by atoms with Crippen LogP contribution in [0.5, 0.6) is 0 Å². The lowest BCUT2D eigenvalue weighted by Gasteiger charge is -2.36. The summed E-state index contributed by atoms with van der Waals surface area (Å²) in [4.78, 5) is 39.5. The summed E-state index contributed by atoms with van der Waals surface area (Å²) >= 11 is 0. The van der Waals surface area contributed by atoms with E-state index in [0.717, 1.165) is 62.7 Å². The predicted molar refractivity (Wildman–Crippen MR) is 88.7 cm³/mol. The number of fused-ring (bicyclic) bond motifs is 1. The molecular formula is C17H23N5O2. The topological polar surface area (TPSA) is 69.6 Å². The molecule has 3 aliphatic heterocycles. The number of carbonyl (C=O) groups excluding carboxylic acids is 2. The highest BCUT2D eigenvalue weighted by Crippen LogP contribution is 2.32. The second kappa shape index (κ2) is 5.72. The molecule has 3 aliphatic rings. The number of anilines is 1. The van der Waals surface area contributed by atoms with Gasteiger partial charge in [0.15, 0.2) is 0 Å². The maximum atomic E-state index is 12.6. The van der Waals surface area contributed by atoms with Crippen molar-refractivity contribution in [2.45, 2.75) is 51.6 Å². The number of carbonyl (C=O) groups is 2. The molecule has 0 spiro atoms. The van der Waals surface area contributed by atoms with Crippen molar-refractivity contribution >= 4 is 17.8 Å². The lowest BCUT2D eigenvalue weighted by molar-refractivity contribution is -0.129. The zero-order valence-electron chi connectivity index (χ0n) is 14.2. The first-order chi connectivity index (χ1) is 11.5. The Morgan fingerprint density at radius 3 is 2.46 bits per heavy atom. The molecular weight excluding hydrogens is 306 g/mol. The van der Waals surface area contributed by atoms with E-state index in [9.17, 15) is 9.59 Å². The third-order valence-corrected chi connectivity index (χ3v) is 5.33. The van der Waals surface area contributed by atoms with Crippen molar-refractivity contribution in [3.63, 3.8) is 0 Å². The van der Waals surface area contributed by atoms with Crippen molar-refractivity contribution in [3.8, 4) is 0 Å². The fraction of sp³-hybridized carbons (Fsp3) is 0.647. The average Bonchev–Trinajstić information content (AvgIpc) is 3.11. The molecule has 0 aliphatic carbocycles. The van der Waals surface area contributed by atoms with Crippen LogP contribution in [0.25, 0.3) is 0 Å². The molecule has 1 aromatic heterocycles. The number of imide groups is 1. The Bertz CT molecular complexity index is 641. The third kappa shape index (κ3) is 2.42. The van der Waals surface area contributed by atoms with Gasteiger partial charge in [0.25, 0.3) is 5.91 Å². The average molecular weight is 329 g/mol. The van der Waals surface area contributed by atoms with Crippen molar-refractivity contribution in [2.24, 2.45) is 0 Å². The van der Waals surface area contributed by atoms with Crippen LogP contribution < -0.4 is 4.90 Å². The first-order valence-electron chi connectivity index (χ1n) is 8.75. The summed E-state index contributed by atoms with van der Waals surface area (Å²) in [6, 6.07) is 1.75. The van der Waals surface area contributed by atoms with Gasteiger partial charge in [-0.3, -0.25) is 9.69 Å². The van der Waals surface area contributed by atoms with Gasteiger partial charge < -0.3 is 9.80 Å². The lowest BCUT2D eigenvalue weighted by atomic mass is 10.0. The molecule has 3 amide bonds. The first-order valence-corrected chi connectivity index (χ1v) is 8.75. The molecule has 4 rings (SSSR count). The zero-order chi connectivity index (χ0) is 16.8. The van der Waals surface area contributed by atoms with Crippen LogP contribution in [0.2, 0.25) is 0 Å².